The van der Waals surface area contributed by atoms with Gasteiger partial charge in [0.15, 0.2) is 0 Å². The molecule has 0 bridgehead atoms. The van der Waals surface area contributed by atoms with E-state index in [-0.39, 0.29) is 0 Å². The summed E-state index contributed by atoms with van der Waals surface area (Å²) in [6.07, 6.45) is 0. The predicted octanol–water partition coefficient (Wildman–Crippen LogP) is 3.42. The summed E-state index contributed by atoms with van der Waals surface area (Å²) in [5, 5.41) is 12.6. The van der Waals surface area contributed by atoms with Gasteiger partial charge < -0.3 is 15.2 Å². The first-order valence-electron chi connectivity index (χ1n) is 6.97. The molecule has 0 radical (unpaired) electrons. The average Bonchev–Trinajstić information content (AvgIpc) is 2.52. The molecule has 0 spiro atoms. The fraction of sp³-hybridized carbons (Fsp3) is 0.294. The third-order valence-electron chi connectivity index (χ3n) is 3.08. The molecule has 0 atom stereocenters. The van der Waals surface area contributed by atoms with Crippen LogP contribution >= 0.6 is 11.8 Å². The molecule has 4 heteroatoms. The molecule has 0 heterocycles. The highest BCUT2D eigenvalue weighted by Gasteiger charge is 1.98. The quantitative estimate of drug-likeness (QED) is 0.579. The molecule has 0 aromatic heterocycles. The number of phenols is 1. The minimum atomic E-state index is 0.314. The zero-order valence-electron chi connectivity index (χ0n) is 12.2. The van der Waals surface area contributed by atoms with E-state index >= 15 is 0 Å². The maximum atomic E-state index is 9.26. The minimum Gasteiger partial charge on any atom is -0.508 e. The summed E-state index contributed by atoms with van der Waals surface area (Å²) in [5.74, 6) is 1.22. The highest BCUT2D eigenvalue weighted by atomic mass is 32.2. The lowest BCUT2D eigenvalue weighted by Crippen LogP contribution is -2.18. The van der Waals surface area contributed by atoms with Crippen molar-refractivity contribution in [1.29, 1.82) is 0 Å². The monoisotopic (exact) mass is 303 g/mol. The highest BCUT2D eigenvalue weighted by molar-refractivity contribution is 7.98. The Balaban J connectivity index is 1.78. The number of hydrogen-bond acceptors (Lipinski definition) is 4. The summed E-state index contributed by atoms with van der Waals surface area (Å²) in [7, 11) is 1.71. The smallest absolute Gasteiger partial charge is 0.115 e. The number of nitrogens with one attached hydrogen (secondary N) is 1. The third kappa shape index (κ3) is 5.79. The summed E-state index contributed by atoms with van der Waals surface area (Å²) in [4.78, 5) is 1.25. The van der Waals surface area contributed by atoms with Crippen LogP contribution in [0, 0.1) is 0 Å². The van der Waals surface area contributed by atoms with Crippen LogP contribution in [0.15, 0.2) is 53.4 Å². The van der Waals surface area contributed by atoms with Gasteiger partial charge in [-0.15, -0.1) is 11.8 Å². The standard InChI is InChI=1S/C17H21NO2S/c1-20-11-10-18-12-14-4-8-17(9-5-14)21-13-15-2-6-16(19)7-3-15/h2-9,18-19H,10-13H2,1H3. The Morgan fingerprint density at radius 2 is 1.67 bits per heavy atom. The Bertz CT molecular complexity index is 525. The maximum absolute atomic E-state index is 9.26. The number of hydrogen-bond donors (Lipinski definition) is 2. The average molecular weight is 303 g/mol. The van der Waals surface area contributed by atoms with Gasteiger partial charge in [-0.05, 0) is 35.4 Å². The Morgan fingerprint density at radius 1 is 1.00 bits per heavy atom. The lowest BCUT2D eigenvalue weighted by atomic mass is 10.2. The van der Waals surface area contributed by atoms with Crippen LogP contribution in [0.3, 0.4) is 0 Å². The van der Waals surface area contributed by atoms with Crippen molar-refractivity contribution in [3.05, 3.63) is 59.7 Å². The molecule has 2 aromatic rings. The number of thioether (sulfide) groups is 1. The molecule has 0 saturated carbocycles. The van der Waals surface area contributed by atoms with Gasteiger partial charge in [0.2, 0.25) is 0 Å². The van der Waals surface area contributed by atoms with Crippen LogP contribution in [-0.4, -0.2) is 25.4 Å². The highest BCUT2D eigenvalue weighted by Crippen LogP contribution is 2.23. The fourth-order valence-corrected chi connectivity index (χ4v) is 2.72. The van der Waals surface area contributed by atoms with E-state index in [0.717, 1.165) is 25.4 Å². The molecule has 2 rings (SSSR count). The Labute approximate surface area is 130 Å². The van der Waals surface area contributed by atoms with Crippen LogP contribution in [0.5, 0.6) is 5.75 Å². The van der Waals surface area contributed by atoms with Gasteiger partial charge in [0.05, 0.1) is 6.61 Å². The third-order valence-corrected chi connectivity index (χ3v) is 4.16. The van der Waals surface area contributed by atoms with Crippen molar-refractivity contribution < 1.29 is 9.84 Å². The fourth-order valence-electron chi connectivity index (χ4n) is 1.87. The molecular formula is C17H21NO2S. The van der Waals surface area contributed by atoms with Crippen LogP contribution in [0.2, 0.25) is 0 Å². The molecule has 0 aliphatic rings. The Hall–Kier alpha value is -1.49. The lowest BCUT2D eigenvalue weighted by Gasteiger charge is -2.06. The summed E-state index contributed by atoms with van der Waals surface area (Å²) in [6.45, 7) is 2.47. The van der Waals surface area contributed by atoms with Crippen molar-refractivity contribution in [3.8, 4) is 5.75 Å². The molecule has 0 unspecified atom stereocenters. The van der Waals surface area contributed by atoms with Gasteiger partial charge in [-0.2, -0.15) is 0 Å². The Morgan fingerprint density at radius 3 is 2.33 bits per heavy atom. The zero-order valence-corrected chi connectivity index (χ0v) is 13.0. The van der Waals surface area contributed by atoms with Gasteiger partial charge >= 0.3 is 0 Å². The number of rotatable bonds is 8. The van der Waals surface area contributed by atoms with Crippen molar-refractivity contribution in [1.82, 2.24) is 5.32 Å². The van der Waals surface area contributed by atoms with Crippen LogP contribution in [-0.2, 0) is 17.0 Å². The van der Waals surface area contributed by atoms with Gasteiger partial charge in [0.1, 0.15) is 5.75 Å². The summed E-state index contributed by atoms with van der Waals surface area (Å²) >= 11 is 1.80. The van der Waals surface area contributed by atoms with E-state index < -0.39 is 0 Å². The normalized spacial score (nSPS) is 10.7. The number of methoxy groups -OCH3 is 1. The first-order valence-corrected chi connectivity index (χ1v) is 7.96. The van der Waals surface area contributed by atoms with Crippen LogP contribution < -0.4 is 5.32 Å². The second-order valence-electron chi connectivity index (χ2n) is 4.77. The van der Waals surface area contributed by atoms with Gasteiger partial charge in [0.25, 0.3) is 0 Å². The molecule has 0 fully saturated rings. The first-order chi connectivity index (χ1) is 10.3. The van der Waals surface area contributed by atoms with E-state index in [1.165, 1.54) is 16.0 Å². The van der Waals surface area contributed by atoms with E-state index in [1.54, 1.807) is 31.0 Å². The largest absolute Gasteiger partial charge is 0.508 e. The molecule has 0 aliphatic heterocycles. The van der Waals surface area contributed by atoms with Crippen molar-refractivity contribution in [2.45, 2.75) is 17.2 Å². The van der Waals surface area contributed by atoms with E-state index in [4.69, 9.17) is 4.74 Å². The Kier molecular flexibility index (Phi) is 6.60. The molecule has 2 N–H and O–H groups in total. The van der Waals surface area contributed by atoms with Crippen LogP contribution in [0.4, 0.5) is 0 Å². The summed E-state index contributed by atoms with van der Waals surface area (Å²) < 4.78 is 5.00. The van der Waals surface area contributed by atoms with Gasteiger partial charge in [-0.3, -0.25) is 0 Å². The number of aromatic hydroxyl groups is 1. The molecule has 0 aliphatic carbocycles. The van der Waals surface area contributed by atoms with E-state index in [2.05, 4.69) is 29.6 Å². The minimum absolute atomic E-state index is 0.314. The maximum Gasteiger partial charge on any atom is 0.115 e. The van der Waals surface area contributed by atoms with Crippen molar-refractivity contribution in [2.75, 3.05) is 20.3 Å². The predicted molar refractivity (Wildman–Crippen MR) is 87.7 cm³/mol. The van der Waals surface area contributed by atoms with Gasteiger partial charge in [0, 0.05) is 30.8 Å². The second-order valence-corrected chi connectivity index (χ2v) is 5.82. The summed E-state index contributed by atoms with van der Waals surface area (Å²) in [6, 6.07) is 16.0. The molecule has 0 saturated heterocycles. The van der Waals surface area contributed by atoms with Crippen molar-refractivity contribution in [2.24, 2.45) is 0 Å². The number of phenolic OH excluding ortho intramolecular Hbond substituents is 1. The summed E-state index contributed by atoms with van der Waals surface area (Å²) in [5.41, 5.74) is 2.49. The van der Waals surface area contributed by atoms with Crippen LogP contribution in [0.25, 0.3) is 0 Å². The second kappa shape index (κ2) is 8.72. The molecule has 3 nitrogen and oxygen atoms in total. The number of ether oxygens (including phenoxy) is 1. The molecule has 21 heavy (non-hydrogen) atoms. The van der Waals surface area contributed by atoms with Crippen molar-refractivity contribution in [3.63, 3.8) is 0 Å². The lowest BCUT2D eigenvalue weighted by molar-refractivity contribution is 0.199. The van der Waals surface area contributed by atoms with Crippen LogP contribution in [0.1, 0.15) is 11.1 Å². The molecule has 0 amide bonds. The first kappa shape index (κ1) is 15.9. The van der Waals surface area contributed by atoms with E-state index in [0.29, 0.717) is 5.75 Å². The van der Waals surface area contributed by atoms with Gasteiger partial charge in [-0.25, -0.2) is 0 Å². The molecule has 2 aromatic carbocycles. The molecule has 112 valence electrons. The zero-order chi connectivity index (χ0) is 14.9. The van der Waals surface area contributed by atoms with E-state index in [1.807, 2.05) is 12.1 Å². The topological polar surface area (TPSA) is 41.5 Å². The molecular weight excluding hydrogens is 282 g/mol. The van der Waals surface area contributed by atoms with E-state index in [9.17, 15) is 5.11 Å². The van der Waals surface area contributed by atoms with Gasteiger partial charge in [-0.1, -0.05) is 24.3 Å². The number of benzene rings is 2. The SMILES string of the molecule is COCCNCc1ccc(SCc2ccc(O)cc2)cc1. The van der Waals surface area contributed by atoms with Crippen molar-refractivity contribution >= 4 is 11.8 Å².